The van der Waals surface area contributed by atoms with Gasteiger partial charge in [-0.2, -0.15) is 0 Å². The van der Waals surface area contributed by atoms with Crippen molar-refractivity contribution < 1.29 is 15.0 Å². The second-order valence-corrected chi connectivity index (χ2v) is 9.18. The molecule has 0 heterocycles. The van der Waals surface area contributed by atoms with Crippen LogP contribution < -0.4 is 0 Å². The van der Waals surface area contributed by atoms with Gasteiger partial charge in [-0.3, -0.25) is 0 Å². The van der Waals surface area contributed by atoms with Crippen molar-refractivity contribution in [1.29, 1.82) is 0 Å². The zero-order valence-corrected chi connectivity index (χ0v) is 17.7. The molecule has 2 saturated carbocycles. The average molecular weight is 403 g/mol. The topological polar surface area (TPSA) is 57.5 Å². The van der Waals surface area contributed by atoms with Gasteiger partial charge < -0.3 is 10.2 Å². The van der Waals surface area contributed by atoms with Gasteiger partial charge in [0, 0.05) is 6.08 Å². The first-order chi connectivity index (χ1) is 14.4. The summed E-state index contributed by atoms with van der Waals surface area (Å²) in [4.78, 5) is 10.8. The summed E-state index contributed by atoms with van der Waals surface area (Å²) in [6.07, 6.45) is 7.92. The number of carboxylic acids is 1. The Morgan fingerprint density at radius 3 is 2.17 bits per heavy atom. The number of aromatic hydroxyl groups is 1. The van der Waals surface area contributed by atoms with Gasteiger partial charge in [0.05, 0.1) is 0 Å². The van der Waals surface area contributed by atoms with Gasteiger partial charge in [0.25, 0.3) is 0 Å². The highest BCUT2D eigenvalue weighted by atomic mass is 16.4. The zero-order valence-electron chi connectivity index (χ0n) is 17.7. The largest absolute Gasteiger partial charge is 0.508 e. The van der Waals surface area contributed by atoms with Crippen LogP contribution in [-0.4, -0.2) is 16.2 Å². The third-order valence-electron chi connectivity index (χ3n) is 6.76. The lowest BCUT2D eigenvalue weighted by molar-refractivity contribution is -0.131. The molecule has 3 heteroatoms. The van der Waals surface area contributed by atoms with E-state index in [9.17, 15) is 9.90 Å². The molecule has 2 fully saturated rings. The summed E-state index contributed by atoms with van der Waals surface area (Å²) in [7, 11) is 0. The molecule has 2 bridgehead atoms. The van der Waals surface area contributed by atoms with Gasteiger partial charge in [0.2, 0.25) is 0 Å². The lowest BCUT2D eigenvalue weighted by atomic mass is 9.61. The van der Waals surface area contributed by atoms with Crippen molar-refractivity contribution in [3.05, 3.63) is 76.9 Å². The van der Waals surface area contributed by atoms with E-state index in [-0.39, 0.29) is 5.75 Å². The number of benzene rings is 2. The van der Waals surface area contributed by atoms with E-state index in [2.05, 4.69) is 26.0 Å². The minimum atomic E-state index is -0.942. The van der Waals surface area contributed by atoms with Crippen molar-refractivity contribution in [2.45, 2.75) is 39.5 Å². The summed E-state index contributed by atoms with van der Waals surface area (Å²) in [6, 6.07) is 15.7. The fraction of sp³-hybridized carbons (Fsp3) is 0.370. The first-order valence-corrected chi connectivity index (χ1v) is 11.0. The second-order valence-electron chi connectivity index (χ2n) is 9.18. The Morgan fingerprint density at radius 1 is 0.900 bits per heavy atom. The highest BCUT2D eigenvalue weighted by molar-refractivity contribution is 5.86. The molecule has 2 aromatic carbocycles. The molecule has 156 valence electrons. The molecular weight excluding hydrogens is 372 g/mol. The van der Waals surface area contributed by atoms with Gasteiger partial charge in [-0.25, -0.2) is 4.79 Å². The number of carboxylic acid groups (broad SMARTS) is 1. The quantitative estimate of drug-likeness (QED) is 0.583. The molecule has 30 heavy (non-hydrogen) atoms. The first-order valence-electron chi connectivity index (χ1n) is 11.0. The zero-order chi connectivity index (χ0) is 21.3. The predicted molar refractivity (Wildman–Crippen MR) is 121 cm³/mol. The van der Waals surface area contributed by atoms with Crippen molar-refractivity contribution >= 4 is 17.6 Å². The molecule has 2 N–H and O–H groups in total. The highest BCUT2D eigenvalue weighted by Gasteiger charge is 2.38. The third-order valence-corrected chi connectivity index (χ3v) is 6.76. The Balaban J connectivity index is 1.82. The van der Waals surface area contributed by atoms with Gasteiger partial charge in [-0.15, -0.1) is 0 Å². The summed E-state index contributed by atoms with van der Waals surface area (Å²) < 4.78 is 0. The highest BCUT2D eigenvalue weighted by Crippen LogP contribution is 2.51. The van der Waals surface area contributed by atoms with Crippen LogP contribution in [0.5, 0.6) is 5.75 Å². The SMILES string of the molecule is CC1CC2CC(C)/C(=C(\c3ccc(O)cc3)c3ccc(/C=C/C(=O)O)cc3)C(C1)C2. The molecule has 0 radical (unpaired) electrons. The average Bonchev–Trinajstić information content (AvgIpc) is 2.70. The normalized spacial score (nSPS) is 27.8. The summed E-state index contributed by atoms with van der Waals surface area (Å²) in [6.45, 7) is 4.76. The molecule has 4 rings (SSSR count). The van der Waals surface area contributed by atoms with E-state index in [1.807, 2.05) is 24.3 Å². The summed E-state index contributed by atoms with van der Waals surface area (Å²) in [5.41, 5.74) is 6.01. The van der Waals surface area contributed by atoms with Crippen LogP contribution in [0.15, 0.2) is 60.2 Å². The van der Waals surface area contributed by atoms with E-state index >= 15 is 0 Å². The molecule has 3 nitrogen and oxygen atoms in total. The van der Waals surface area contributed by atoms with Crippen LogP contribution in [0.25, 0.3) is 11.6 Å². The standard InChI is InChI=1S/C27H30O3/c1-17-13-20-15-18(2)26(23(14-17)16-20)27(22-8-10-24(28)11-9-22)21-6-3-19(4-7-21)5-12-25(29)30/h3-12,17-18,20,23,28H,13-16H2,1-2H3,(H,29,30)/b12-5+,27-26+. The maximum atomic E-state index is 10.8. The summed E-state index contributed by atoms with van der Waals surface area (Å²) in [5, 5.41) is 18.7. The summed E-state index contributed by atoms with van der Waals surface area (Å²) in [5.74, 6) is 2.08. The Kier molecular flexibility index (Phi) is 5.80. The van der Waals surface area contributed by atoms with E-state index in [0.29, 0.717) is 11.8 Å². The van der Waals surface area contributed by atoms with Gasteiger partial charge in [0.15, 0.2) is 0 Å². The van der Waals surface area contributed by atoms with Crippen molar-refractivity contribution in [3.8, 4) is 5.75 Å². The number of hydrogen-bond donors (Lipinski definition) is 2. The van der Waals surface area contributed by atoms with E-state index in [1.54, 1.807) is 23.8 Å². The molecule has 2 aliphatic carbocycles. The maximum absolute atomic E-state index is 10.8. The molecule has 2 aromatic rings. The Labute approximate surface area is 178 Å². The molecular formula is C27H30O3. The number of aliphatic carboxylic acids is 1. The van der Waals surface area contributed by atoms with Crippen LogP contribution in [-0.2, 0) is 4.79 Å². The van der Waals surface area contributed by atoms with E-state index in [0.717, 1.165) is 28.5 Å². The van der Waals surface area contributed by atoms with Gasteiger partial charge in [-0.1, -0.05) is 55.8 Å². The number of hydrogen-bond acceptors (Lipinski definition) is 2. The van der Waals surface area contributed by atoms with Crippen molar-refractivity contribution in [3.63, 3.8) is 0 Å². The minimum Gasteiger partial charge on any atom is -0.508 e. The van der Waals surface area contributed by atoms with Crippen molar-refractivity contribution in [2.24, 2.45) is 23.7 Å². The van der Waals surface area contributed by atoms with Crippen LogP contribution in [0.2, 0.25) is 0 Å². The smallest absolute Gasteiger partial charge is 0.328 e. The first kappa shape index (κ1) is 20.5. The Bertz CT molecular complexity index is 962. The van der Waals surface area contributed by atoms with Crippen molar-refractivity contribution in [2.75, 3.05) is 0 Å². The van der Waals surface area contributed by atoms with Gasteiger partial charge >= 0.3 is 5.97 Å². The molecule has 0 amide bonds. The fourth-order valence-corrected chi connectivity index (χ4v) is 5.73. The van der Waals surface area contributed by atoms with Crippen LogP contribution >= 0.6 is 0 Å². The molecule has 0 saturated heterocycles. The number of allylic oxidation sites excluding steroid dienone is 1. The number of phenols is 1. The van der Waals surface area contributed by atoms with Crippen LogP contribution in [0.3, 0.4) is 0 Å². The molecule has 0 aromatic heterocycles. The van der Waals surface area contributed by atoms with Gasteiger partial charge in [-0.05, 0) is 89.8 Å². The predicted octanol–water partition coefficient (Wildman–Crippen LogP) is 6.38. The number of carbonyl (C=O) groups is 1. The minimum absolute atomic E-state index is 0.278. The summed E-state index contributed by atoms with van der Waals surface area (Å²) >= 11 is 0. The lowest BCUT2D eigenvalue weighted by Crippen LogP contribution is -2.32. The molecule has 2 aliphatic rings. The van der Waals surface area contributed by atoms with Gasteiger partial charge in [0.1, 0.15) is 5.75 Å². The number of phenolic OH excluding ortho intramolecular Hbond substituents is 1. The molecule has 0 aliphatic heterocycles. The Morgan fingerprint density at radius 2 is 1.53 bits per heavy atom. The van der Waals surface area contributed by atoms with Crippen LogP contribution in [0.1, 0.15) is 56.2 Å². The number of fused-ring (bicyclic) bond motifs is 2. The third kappa shape index (κ3) is 4.35. The monoisotopic (exact) mass is 402 g/mol. The van der Waals surface area contributed by atoms with Crippen molar-refractivity contribution in [1.82, 2.24) is 0 Å². The molecule has 4 atom stereocenters. The maximum Gasteiger partial charge on any atom is 0.328 e. The fourth-order valence-electron chi connectivity index (χ4n) is 5.73. The number of rotatable bonds is 4. The van der Waals surface area contributed by atoms with E-state index < -0.39 is 5.97 Å². The lowest BCUT2D eigenvalue weighted by Gasteiger charge is -2.44. The Hall–Kier alpha value is -2.81. The van der Waals surface area contributed by atoms with Crippen LogP contribution in [0, 0.1) is 23.7 Å². The molecule has 4 unspecified atom stereocenters. The van der Waals surface area contributed by atoms with E-state index in [1.165, 1.54) is 37.3 Å². The molecule has 0 spiro atoms. The second kappa shape index (κ2) is 8.51. The van der Waals surface area contributed by atoms with E-state index in [4.69, 9.17) is 5.11 Å². The van der Waals surface area contributed by atoms with Crippen LogP contribution in [0.4, 0.5) is 0 Å².